The molecule has 6 nitrogen and oxygen atoms in total. The lowest BCUT2D eigenvalue weighted by atomic mass is 10.1. The van der Waals surface area contributed by atoms with Gasteiger partial charge < -0.3 is 9.84 Å². The highest BCUT2D eigenvalue weighted by atomic mass is 32.2. The molecule has 0 radical (unpaired) electrons. The van der Waals surface area contributed by atoms with Gasteiger partial charge in [0.1, 0.15) is 11.5 Å². The maximum absolute atomic E-state index is 12.2. The maximum Gasteiger partial charge on any atom is 0.239 e. The summed E-state index contributed by atoms with van der Waals surface area (Å²) in [6, 6.07) is 18.9. The molecule has 134 valence electrons. The van der Waals surface area contributed by atoms with Crippen molar-refractivity contribution in [3.05, 3.63) is 72.1 Å². The summed E-state index contributed by atoms with van der Waals surface area (Å²) in [5.41, 5.74) is 1.82. The van der Waals surface area contributed by atoms with E-state index in [1.807, 2.05) is 67.6 Å². The maximum atomic E-state index is 12.2. The van der Waals surface area contributed by atoms with E-state index < -0.39 is 10.8 Å². The van der Waals surface area contributed by atoms with Crippen LogP contribution in [-0.4, -0.2) is 26.0 Å². The Labute approximate surface area is 154 Å². The second-order valence-corrected chi connectivity index (χ2v) is 7.26. The van der Waals surface area contributed by atoms with Crippen molar-refractivity contribution >= 4 is 16.7 Å². The van der Waals surface area contributed by atoms with Crippen LogP contribution in [0.2, 0.25) is 0 Å². The third-order valence-electron chi connectivity index (χ3n) is 3.75. The molecule has 0 aliphatic carbocycles. The summed E-state index contributed by atoms with van der Waals surface area (Å²) in [5.74, 6) is 0.362. The molecular weight excluding hydrogens is 350 g/mol. The van der Waals surface area contributed by atoms with Crippen molar-refractivity contribution in [2.45, 2.75) is 18.7 Å². The fraction of sp³-hybridized carbons (Fsp3) is 0.211. The fourth-order valence-electron chi connectivity index (χ4n) is 2.46. The molecule has 0 saturated carbocycles. The van der Waals surface area contributed by atoms with Crippen LogP contribution >= 0.6 is 0 Å². The van der Waals surface area contributed by atoms with E-state index in [1.54, 1.807) is 0 Å². The van der Waals surface area contributed by atoms with Crippen molar-refractivity contribution in [2.75, 3.05) is 5.75 Å². The Hall–Kier alpha value is -2.80. The minimum atomic E-state index is -1.43. The van der Waals surface area contributed by atoms with E-state index in [2.05, 4.69) is 15.5 Å². The molecule has 0 bridgehead atoms. The first-order chi connectivity index (χ1) is 12.6. The van der Waals surface area contributed by atoms with Gasteiger partial charge in [0.25, 0.3) is 0 Å². The van der Waals surface area contributed by atoms with Crippen LogP contribution in [0, 0.1) is 0 Å². The van der Waals surface area contributed by atoms with Crippen LogP contribution in [0.4, 0.5) is 0 Å². The van der Waals surface area contributed by atoms with Gasteiger partial charge in [-0.05, 0) is 12.5 Å². The Morgan fingerprint density at radius 3 is 2.46 bits per heavy atom. The van der Waals surface area contributed by atoms with E-state index in [0.29, 0.717) is 5.82 Å². The Balaban J connectivity index is 1.52. The van der Waals surface area contributed by atoms with Crippen LogP contribution in [0.3, 0.4) is 0 Å². The highest BCUT2D eigenvalue weighted by Crippen LogP contribution is 2.15. The van der Waals surface area contributed by atoms with Gasteiger partial charge in [-0.25, -0.2) is 0 Å². The number of aromatic nitrogens is 2. The topological polar surface area (TPSA) is 85.1 Å². The molecule has 1 amide bonds. The second kappa shape index (κ2) is 8.53. The number of nitrogens with one attached hydrogen (secondary N) is 1. The Morgan fingerprint density at radius 1 is 1.12 bits per heavy atom. The van der Waals surface area contributed by atoms with Crippen LogP contribution in [0.5, 0.6) is 0 Å². The summed E-state index contributed by atoms with van der Waals surface area (Å²) in [6.07, 6.45) is 0. The number of rotatable bonds is 7. The minimum Gasteiger partial charge on any atom is -0.349 e. The monoisotopic (exact) mass is 369 g/mol. The van der Waals surface area contributed by atoms with Crippen molar-refractivity contribution in [1.82, 2.24) is 15.5 Å². The molecule has 0 fully saturated rings. The molecule has 1 N–H and O–H groups in total. The Bertz CT molecular complexity index is 881. The highest BCUT2D eigenvalue weighted by Gasteiger charge is 2.16. The molecule has 0 aliphatic heterocycles. The van der Waals surface area contributed by atoms with Crippen molar-refractivity contribution < 1.29 is 13.5 Å². The number of nitrogens with zero attached hydrogens (tertiary/aromatic N) is 2. The highest BCUT2D eigenvalue weighted by molar-refractivity contribution is 7.84. The van der Waals surface area contributed by atoms with Crippen LogP contribution in [0.25, 0.3) is 11.4 Å². The third-order valence-corrected chi connectivity index (χ3v) is 4.91. The Morgan fingerprint density at radius 2 is 1.77 bits per heavy atom. The number of hydrogen-bond acceptors (Lipinski definition) is 5. The molecule has 26 heavy (non-hydrogen) atoms. The Kier molecular flexibility index (Phi) is 5.91. The van der Waals surface area contributed by atoms with E-state index >= 15 is 0 Å². The van der Waals surface area contributed by atoms with Crippen LogP contribution in [0.15, 0.2) is 65.2 Å². The lowest BCUT2D eigenvalue weighted by molar-refractivity contribution is -0.119. The molecule has 1 aromatic heterocycles. The average molecular weight is 369 g/mol. The molecular formula is C19H19N3O3S. The number of carbonyl (C=O) groups excluding carboxylic acids is 1. The molecule has 3 aromatic rings. The van der Waals surface area contributed by atoms with Crippen molar-refractivity contribution in [3.63, 3.8) is 0 Å². The predicted molar refractivity (Wildman–Crippen MR) is 99.4 cm³/mol. The molecule has 0 aliphatic rings. The zero-order valence-electron chi connectivity index (χ0n) is 14.3. The van der Waals surface area contributed by atoms with Crippen molar-refractivity contribution in [3.8, 4) is 11.4 Å². The fourth-order valence-corrected chi connectivity index (χ4v) is 3.33. The van der Waals surface area contributed by atoms with E-state index in [4.69, 9.17) is 4.52 Å². The first kappa shape index (κ1) is 18.0. The van der Waals surface area contributed by atoms with E-state index in [0.717, 1.165) is 11.1 Å². The zero-order chi connectivity index (χ0) is 18.4. The summed E-state index contributed by atoms with van der Waals surface area (Å²) >= 11 is 0. The molecule has 0 spiro atoms. The quantitative estimate of drug-likeness (QED) is 0.692. The number of amides is 1. The second-order valence-electron chi connectivity index (χ2n) is 5.81. The molecule has 3 rings (SSSR count). The van der Waals surface area contributed by atoms with Gasteiger partial charge >= 0.3 is 0 Å². The first-order valence-corrected chi connectivity index (χ1v) is 9.68. The van der Waals surface area contributed by atoms with E-state index in [-0.39, 0.29) is 29.3 Å². The lowest BCUT2D eigenvalue weighted by Crippen LogP contribution is -2.31. The number of benzene rings is 2. The molecule has 0 saturated heterocycles. The van der Waals surface area contributed by atoms with Gasteiger partial charge in [-0.15, -0.1) is 0 Å². The lowest BCUT2D eigenvalue weighted by Gasteiger charge is -2.13. The van der Waals surface area contributed by atoms with Gasteiger partial charge in [0, 0.05) is 16.4 Å². The van der Waals surface area contributed by atoms with Crippen LogP contribution < -0.4 is 5.32 Å². The van der Waals surface area contributed by atoms with Gasteiger partial charge in [-0.1, -0.05) is 65.8 Å². The van der Waals surface area contributed by atoms with E-state index in [1.165, 1.54) is 0 Å². The molecule has 2 atom stereocenters. The normalized spacial score (nSPS) is 13.1. The molecule has 2 aromatic carbocycles. The summed E-state index contributed by atoms with van der Waals surface area (Å²) in [5, 5.41) is 6.73. The largest absolute Gasteiger partial charge is 0.349 e. The van der Waals surface area contributed by atoms with Gasteiger partial charge in [0.2, 0.25) is 17.6 Å². The minimum absolute atomic E-state index is 0.0486. The molecule has 1 heterocycles. The predicted octanol–water partition coefficient (Wildman–Crippen LogP) is 2.86. The van der Waals surface area contributed by atoms with Gasteiger partial charge in [0.15, 0.2) is 0 Å². The van der Waals surface area contributed by atoms with Gasteiger partial charge in [-0.3, -0.25) is 9.00 Å². The molecule has 0 unspecified atom stereocenters. The molecule has 7 heteroatoms. The van der Waals surface area contributed by atoms with E-state index in [9.17, 15) is 9.00 Å². The summed E-state index contributed by atoms with van der Waals surface area (Å²) in [4.78, 5) is 16.3. The standard InChI is InChI=1S/C19H19N3O3S/c1-14(15-8-4-2-5-9-15)20-17(23)12-26(24)13-18-21-19(22-25-18)16-10-6-3-7-11-16/h2-11,14H,12-13H2,1H3,(H,20,23)/t14-,26-/m0/s1. The van der Waals surface area contributed by atoms with Gasteiger partial charge in [-0.2, -0.15) is 4.98 Å². The number of carbonyl (C=O) groups is 1. The average Bonchev–Trinajstić information content (AvgIpc) is 3.11. The SMILES string of the molecule is C[C@H](NC(=O)C[S@](=O)Cc1nc(-c2ccccc2)no1)c1ccccc1. The summed E-state index contributed by atoms with van der Waals surface area (Å²) < 4.78 is 17.3. The zero-order valence-corrected chi connectivity index (χ0v) is 15.1. The summed E-state index contributed by atoms with van der Waals surface area (Å²) in [6.45, 7) is 1.89. The number of hydrogen-bond donors (Lipinski definition) is 1. The first-order valence-electron chi connectivity index (χ1n) is 8.19. The van der Waals surface area contributed by atoms with Crippen molar-refractivity contribution in [2.24, 2.45) is 0 Å². The van der Waals surface area contributed by atoms with Crippen LogP contribution in [0.1, 0.15) is 24.4 Å². The van der Waals surface area contributed by atoms with Crippen molar-refractivity contribution in [1.29, 1.82) is 0 Å². The third kappa shape index (κ3) is 4.86. The summed E-state index contributed by atoms with van der Waals surface area (Å²) in [7, 11) is -1.43. The van der Waals surface area contributed by atoms with Gasteiger partial charge in [0.05, 0.1) is 6.04 Å². The van der Waals surface area contributed by atoms with Crippen LogP contribution in [-0.2, 0) is 21.3 Å². The smallest absolute Gasteiger partial charge is 0.239 e.